The second-order valence-electron chi connectivity index (χ2n) is 5.54. The van der Waals surface area contributed by atoms with Gasteiger partial charge in [-0.25, -0.2) is 8.78 Å². The van der Waals surface area contributed by atoms with Crippen molar-refractivity contribution in [3.05, 3.63) is 95.6 Å². The lowest BCUT2D eigenvalue weighted by molar-refractivity contribution is 0.507. The summed E-state index contributed by atoms with van der Waals surface area (Å²) in [6.07, 6.45) is 0. The largest absolute Gasteiger partial charge is 0.259 e. The van der Waals surface area contributed by atoms with E-state index in [4.69, 9.17) is 0 Å². The zero-order valence-electron chi connectivity index (χ0n) is 12.9. The van der Waals surface area contributed by atoms with E-state index in [-0.39, 0.29) is 5.75 Å². The molecule has 0 aliphatic heterocycles. The first-order valence-electron chi connectivity index (χ1n) is 7.55. The van der Waals surface area contributed by atoms with Crippen LogP contribution in [-0.2, 0) is 22.3 Å². The molecular weight excluding hydrogens is 326 g/mol. The molecule has 0 N–H and O–H groups in total. The summed E-state index contributed by atoms with van der Waals surface area (Å²) in [6, 6.07) is 21.6. The van der Waals surface area contributed by atoms with Crippen molar-refractivity contribution in [3.8, 4) is 11.1 Å². The summed E-state index contributed by atoms with van der Waals surface area (Å²) < 4.78 is 38.3. The monoisotopic (exact) mass is 342 g/mol. The maximum Gasteiger partial charge on any atom is 0.159 e. The normalized spacial score (nSPS) is 12.1. The molecule has 0 radical (unpaired) electrons. The zero-order chi connectivity index (χ0) is 16.9. The van der Waals surface area contributed by atoms with Crippen molar-refractivity contribution in [1.29, 1.82) is 0 Å². The highest BCUT2D eigenvalue weighted by Crippen LogP contribution is 2.20. The van der Waals surface area contributed by atoms with Crippen LogP contribution in [0.25, 0.3) is 11.1 Å². The van der Waals surface area contributed by atoms with Gasteiger partial charge in [0, 0.05) is 22.3 Å². The molecule has 0 aromatic heterocycles. The van der Waals surface area contributed by atoms with Gasteiger partial charge in [-0.3, -0.25) is 4.21 Å². The average Bonchev–Trinajstić information content (AvgIpc) is 2.59. The van der Waals surface area contributed by atoms with Crippen LogP contribution >= 0.6 is 0 Å². The van der Waals surface area contributed by atoms with Gasteiger partial charge in [-0.15, -0.1) is 0 Å². The van der Waals surface area contributed by atoms with Crippen molar-refractivity contribution in [2.24, 2.45) is 0 Å². The highest BCUT2D eigenvalue weighted by Gasteiger charge is 2.07. The molecule has 0 saturated heterocycles. The third kappa shape index (κ3) is 4.15. The van der Waals surface area contributed by atoms with Crippen LogP contribution in [0.3, 0.4) is 0 Å². The summed E-state index contributed by atoms with van der Waals surface area (Å²) >= 11 is 0. The summed E-state index contributed by atoms with van der Waals surface area (Å²) in [4.78, 5) is 0. The Hall–Kier alpha value is -2.33. The lowest BCUT2D eigenvalue weighted by Gasteiger charge is -2.06. The first-order valence-corrected chi connectivity index (χ1v) is 9.04. The van der Waals surface area contributed by atoms with Gasteiger partial charge in [0.1, 0.15) is 0 Å². The smallest absolute Gasteiger partial charge is 0.159 e. The van der Waals surface area contributed by atoms with Crippen LogP contribution in [0.4, 0.5) is 8.78 Å². The van der Waals surface area contributed by atoms with Crippen molar-refractivity contribution >= 4 is 10.8 Å². The third-order valence-corrected chi connectivity index (χ3v) is 5.01. The molecule has 1 nitrogen and oxygen atoms in total. The minimum atomic E-state index is -1.18. The second-order valence-corrected chi connectivity index (χ2v) is 7.00. The quantitative estimate of drug-likeness (QED) is 0.632. The van der Waals surface area contributed by atoms with E-state index in [0.717, 1.165) is 28.8 Å². The Morgan fingerprint density at radius 3 is 1.92 bits per heavy atom. The molecule has 0 amide bonds. The van der Waals surface area contributed by atoms with Crippen LogP contribution < -0.4 is 0 Å². The van der Waals surface area contributed by atoms with Gasteiger partial charge in [0.05, 0.1) is 0 Å². The summed E-state index contributed by atoms with van der Waals surface area (Å²) in [5.41, 5.74) is 3.72. The van der Waals surface area contributed by atoms with Crippen LogP contribution in [0.2, 0.25) is 0 Å². The van der Waals surface area contributed by atoms with Gasteiger partial charge in [0.2, 0.25) is 0 Å². The molecule has 1 atom stereocenters. The maximum absolute atomic E-state index is 13.2. The minimum Gasteiger partial charge on any atom is -0.259 e. The van der Waals surface area contributed by atoms with Crippen LogP contribution in [0.5, 0.6) is 0 Å². The van der Waals surface area contributed by atoms with Gasteiger partial charge >= 0.3 is 0 Å². The Morgan fingerprint density at radius 2 is 1.25 bits per heavy atom. The average molecular weight is 342 g/mol. The molecular formula is C20H16F2OS. The molecule has 24 heavy (non-hydrogen) atoms. The van der Waals surface area contributed by atoms with E-state index in [1.54, 1.807) is 0 Å². The molecule has 3 rings (SSSR count). The molecule has 0 aliphatic carbocycles. The SMILES string of the molecule is O=[S@](Cc1ccc(-c2ccccc2)cc1)Cc1ccc(F)c(F)c1. The number of halogens is 2. The molecule has 4 heteroatoms. The number of rotatable bonds is 5. The predicted octanol–water partition coefficient (Wildman–Crippen LogP) is 5.08. The van der Waals surface area contributed by atoms with Gasteiger partial charge < -0.3 is 0 Å². The molecule has 3 aromatic rings. The van der Waals surface area contributed by atoms with Crippen molar-refractivity contribution in [1.82, 2.24) is 0 Å². The Bertz CT molecular complexity index is 845. The molecule has 0 fully saturated rings. The molecule has 122 valence electrons. The minimum absolute atomic E-state index is 0.206. The van der Waals surface area contributed by atoms with E-state index in [1.807, 2.05) is 54.6 Å². The highest BCUT2D eigenvalue weighted by molar-refractivity contribution is 7.83. The molecule has 0 saturated carbocycles. The van der Waals surface area contributed by atoms with Gasteiger partial charge in [-0.05, 0) is 34.4 Å². The molecule has 0 heterocycles. The first kappa shape index (κ1) is 16.5. The van der Waals surface area contributed by atoms with Gasteiger partial charge in [0.15, 0.2) is 11.6 Å². The third-order valence-electron chi connectivity index (χ3n) is 3.70. The summed E-state index contributed by atoms with van der Waals surface area (Å²) in [6.45, 7) is 0. The van der Waals surface area contributed by atoms with Crippen LogP contribution in [0.1, 0.15) is 11.1 Å². The number of benzene rings is 3. The van der Waals surface area contributed by atoms with E-state index in [0.29, 0.717) is 11.3 Å². The molecule has 0 bridgehead atoms. The highest BCUT2D eigenvalue weighted by atomic mass is 32.2. The Balaban J connectivity index is 1.65. The van der Waals surface area contributed by atoms with E-state index < -0.39 is 22.4 Å². The Labute approximate surface area is 142 Å². The van der Waals surface area contributed by atoms with Gasteiger partial charge in [-0.1, -0.05) is 60.7 Å². The van der Waals surface area contributed by atoms with E-state index >= 15 is 0 Å². The van der Waals surface area contributed by atoms with Crippen molar-refractivity contribution < 1.29 is 13.0 Å². The maximum atomic E-state index is 13.2. The summed E-state index contributed by atoms with van der Waals surface area (Å²) in [7, 11) is -1.18. The lowest BCUT2D eigenvalue weighted by Crippen LogP contribution is -2.00. The number of hydrogen-bond donors (Lipinski definition) is 0. The first-order chi connectivity index (χ1) is 11.6. The second kappa shape index (κ2) is 7.49. The Morgan fingerprint density at radius 1 is 0.667 bits per heavy atom. The fraction of sp³-hybridized carbons (Fsp3) is 0.100. The van der Waals surface area contributed by atoms with Crippen LogP contribution in [0.15, 0.2) is 72.8 Å². The van der Waals surface area contributed by atoms with Gasteiger partial charge in [0.25, 0.3) is 0 Å². The van der Waals surface area contributed by atoms with Crippen molar-refractivity contribution in [2.45, 2.75) is 11.5 Å². The molecule has 0 aliphatic rings. The van der Waals surface area contributed by atoms with Crippen molar-refractivity contribution in [2.75, 3.05) is 0 Å². The standard InChI is InChI=1S/C20H16F2OS/c21-19-11-8-16(12-20(19)22)14-24(23)13-15-6-9-18(10-7-15)17-4-2-1-3-5-17/h1-12H,13-14H2/t24-/m1/s1. The molecule has 3 aromatic carbocycles. The van der Waals surface area contributed by atoms with E-state index in [9.17, 15) is 13.0 Å². The summed E-state index contributed by atoms with van der Waals surface area (Å²) in [5, 5.41) is 0. The fourth-order valence-electron chi connectivity index (χ4n) is 2.48. The van der Waals surface area contributed by atoms with E-state index in [2.05, 4.69) is 0 Å². The number of hydrogen-bond acceptors (Lipinski definition) is 1. The van der Waals surface area contributed by atoms with Crippen LogP contribution in [0, 0.1) is 11.6 Å². The van der Waals surface area contributed by atoms with Gasteiger partial charge in [-0.2, -0.15) is 0 Å². The fourth-order valence-corrected chi connectivity index (χ4v) is 3.69. The van der Waals surface area contributed by atoms with Crippen molar-refractivity contribution in [3.63, 3.8) is 0 Å². The zero-order valence-corrected chi connectivity index (χ0v) is 13.7. The predicted molar refractivity (Wildman–Crippen MR) is 93.8 cm³/mol. The molecule has 0 unspecified atom stereocenters. The lowest BCUT2D eigenvalue weighted by atomic mass is 10.0. The molecule has 0 spiro atoms. The topological polar surface area (TPSA) is 17.1 Å². The summed E-state index contributed by atoms with van der Waals surface area (Å²) in [5.74, 6) is -1.20. The van der Waals surface area contributed by atoms with Crippen LogP contribution in [-0.4, -0.2) is 4.21 Å². The Kier molecular flexibility index (Phi) is 5.16. The van der Waals surface area contributed by atoms with E-state index in [1.165, 1.54) is 6.07 Å².